The first kappa shape index (κ1) is 24.1. The van der Waals surface area contributed by atoms with E-state index in [4.69, 9.17) is 4.74 Å². The Bertz CT molecular complexity index is 1250. The number of rotatable bonds is 7. The fraction of sp³-hybridized carbons (Fsp3) is 0.250. The first-order chi connectivity index (χ1) is 16.4. The topological polar surface area (TPSA) is 96.0 Å². The lowest BCUT2D eigenvalue weighted by Crippen LogP contribution is -2.40. The number of carbonyl (C=O) groups excluding carboxylic acids is 2. The van der Waals surface area contributed by atoms with Crippen LogP contribution in [0.15, 0.2) is 70.9 Å². The first-order valence-corrected chi connectivity index (χ1v) is 13.1. The molecule has 0 aliphatic carbocycles. The summed E-state index contributed by atoms with van der Waals surface area (Å²) >= 11 is 1.34. The number of amides is 2. The maximum atomic E-state index is 12.9. The van der Waals surface area contributed by atoms with Gasteiger partial charge in [0.2, 0.25) is 10.0 Å². The normalized spacial score (nSPS) is 14.5. The van der Waals surface area contributed by atoms with Gasteiger partial charge in [0.05, 0.1) is 34.2 Å². The smallest absolute Gasteiger partial charge is 0.268 e. The van der Waals surface area contributed by atoms with Crippen molar-refractivity contribution in [1.29, 1.82) is 0 Å². The van der Waals surface area contributed by atoms with Gasteiger partial charge < -0.3 is 15.0 Å². The number of sulfonamides is 1. The van der Waals surface area contributed by atoms with Crippen LogP contribution in [-0.2, 0) is 21.3 Å². The van der Waals surface area contributed by atoms with Gasteiger partial charge in [0.15, 0.2) is 0 Å². The summed E-state index contributed by atoms with van der Waals surface area (Å²) in [5.41, 5.74) is 1.64. The minimum atomic E-state index is -3.57. The van der Waals surface area contributed by atoms with Crippen molar-refractivity contribution in [3.8, 4) is 0 Å². The Kier molecular flexibility index (Phi) is 7.42. The van der Waals surface area contributed by atoms with Crippen LogP contribution in [0.3, 0.4) is 0 Å². The summed E-state index contributed by atoms with van der Waals surface area (Å²) in [6.45, 7) is 1.66. The third-order valence-corrected chi connectivity index (χ3v) is 8.30. The summed E-state index contributed by atoms with van der Waals surface area (Å²) in [6.07, 6.45) is 0. The van der Waals surface area contributed by atoms with E-state index in [1.165, 1.54) is 20.5 Å². The van der Waals surface area contributed by atoms with Gasteiger partial charge in [-0.2, -0.15) is 4.31 Å². The Morgan fingerprint density at radius 1 is 1.03 bits per heavy atom. The molecule has 2 aromatic carbocycles. The second-order valence-corrected chi connectivity index (χ2v) is 10.6. The van der Waals surface area contributed by atoms with Crippen LogP contribution in [0.1, 0.15) is 25.6 Å². The van der Waals surface area contributed by atoms with E-state index in [0.717, 1.165) is 5.56 Å². The molecule has 34 heavy (non-hydrogen) atoms. The van der Waals surface area contributed by atoms with Crippen molar-refractivity contribution in [2.45, 2.75) is 11.4 Å². The minimum absolute atomic E-state index is 0.188. The van der Waals surface area contributed by atoms with Gasteiger partial charge in [-0.05, 0) is 41.3 Å². The highest BCUT2D eigenvalue weighted by molar-refractivity contribution is 7.89. The molecule has 0 unspecified atom stereocenters. The molecule has 1 fully saturated rings. The van der Waals surface area contributed by atoms with E-state index in [9.17, 15) is 18.0 Å². The number of ether oxygens (including phenoxy) is 1. The van der Waals surface area contributed by atoms with Crippen molar-refractivity contribution in [2.24, 2.45) is 0 Å². The highest BCUT2D eigenvalue weighted by atomic mass is 32.2. The zero-order chi connectivity index (χ0) is 24.1. The van der Waals surface area contributed by atoms with Crippen molar-refractivity contribution >= 4 is 38.9 Å². The van der Waals surface area contributed by atoms with E-state index in [1.807, 2.05) is 11.4 Å². The van der Waals surface area contributed by atoms with Gasteiger partial charge in [0, 0.05) is 26.7 Å². The molecular formula is C24H25N3O5S2. The highest BCUT2D eigenvalue weighted by Crippen LogP contribution is 2.23. The average molecular weight is 500 g/mol. The number of hydrogen-bond donors (Lipinski definition) is 1. The quantitative estimate of drug-likeness (QED) is 0.539. The lowest BCUT2D eigenvalue weighted by molar-refractivity contribution is 0.0730. The number of carbonyl (C=O) groups is 2. The molecule has 1 N–H and O–H groups in total. The van der Waals surface area contributed by atoms with E-state index >= 15 is 0 Å². The zero-order valence-electron chi connectivity index (χ0n) is 18.6. The molecule has 4 rings (SSSR count). The molecule has 2 heterocycles. The molecule has 1 saturated heterocycles. The molecule has 10 heteroatoms. The highest BCUT2D eigenvalue weighted by Gasteiger charge is 2.26. The van der Waals surface area contributed by atoms with Gasteiger partial charge in [-0.1, -0.05) is 30.3 Å². The fourth-order valence-electron chi connectivity index (χ4n) is 3.63. The number of nitrogens with zero attached hydrogens (tertiary/aromatic N) is 2. The van der Waals surface area contributed by atoms with E-state index in [2.05, 4.69) is 5.32 Å². The zero-order valence-corrected chi connectivity index (χ0v) is 20.3. The first-order valence-electron chi connectivity index (χ1n) is 10.7. The molecule has 0 radical (unpaired) electrons. The van der Waals surface area contributed by atoms with Crippen molar-refractivity contribution in [3.63, 3.8) is 0 Å². The SMILES string of the molecule is CN(C(=O)c1cccs1)c1ccccc1C(=O)NCc1ccc(S(=O)(=O)N2CCOCC2)cc1. The molecule has 1 aromatic heterocycles. The van der Waals surface area contributed by atoms with Gasteiger partial charge in [0.25, 0.3) is 11.8 Å². The van der Waals surface area contributed by atoms with E-state index in [0.29, 0.717) is 42.4 Å². The van der Waals surface area contributed by atoms with Gasteiger partial charge in [-0.25, -0.2) is 8.42 Å². The third kappa shape index (κ3) is 5.20. The van der Waals surface area contributed by atoms with Gasteiger partial charge in [-0.15, -0.1) is 11.3 Å². The molecule has 0 atom stereocenters. The maximum absolute atomic E-state index is 12.9. The summed E-state index contributed by atoms with van der Waals surface area (Å²) in [6, 6.07) is 16.9. The number of anilines is 1. The van der Waals surface area contributed by atoms with Crippen LogP contribution in [0.2, 0.25) is 0 Å². The number of morpholine rings is 1. The lowest BCUT2D eigenvalue weighted by atomic mass is 10.1. The van der Waals surface area contributed by atoms with Gasteiger partial charge in [0.1, 0.15) is 0 Å². The molecule has 8 nitrogen and oxygen atoms in total. The minimum Gasteiger partial charge on any atom is -0.379 e. The monoisotopic (exact) mass is 499 g/mol. The van der Waals surface area contributed by atoms with E-state index in [1.54, 1.807) is 61.6 Å². The Balaban J connectivity index is 1.43. The molecule has 1 aliphatic rings. The Morgan fingerprint density at radius 2 is 1.74 bits per heavy atom. The van der Waals surface area contributed by atoms with Crippen LogP contribution in [0.4, 0.5) is 5.69 Å². The number of hydrogen-bond acceptors (Lipinski definition) is 6. The largest absolute Gasteiger partial charge is 0.379 e. The van der Waals surface area contributed by atoms with Crippen LogP contribution < -0.4 is 10.2 Å². The van der Waals surface area contributed by atoms with Crippen LogP contribution >= 0.6 is 11.3 Å². The van der Waals surface area contributed by atoms with E-state index < -0.39 is 10.0 Å². The standard InChI is InChI=1S/C24H25N3O5S2/c1-26(24(29)22-7-4-16-33-22)21-6-3-2-5-20(21)23(28)25-17-18-8-10-19(11-9-18)34(30,31)27-12-14-32-15-13-27/h2-11,16H,12-15,17H2,1H3,(H,25,28). The average Bonchev–Trinajstić information content (AvgIpc) is 3.42. The molecule has 0 saturated carbocycles. The molecule has 0 spiro atoms. The van der Waals surface area contributed by atoms with Crippen molar-refractivity contribution in [2.75, 3.05) is 38.3 Å². The summed E-state index contributed by atoms with van der Waals surface area (Å²) in [5.74, 6) is -0.515. The summed E-state index contributed by atoms with van der Waals surface area (Å²) in [7, 11) is -1.93. The number of thiophene rings is 1. The molecule has 178 valence electrons. The van der Waals surface area contributed by atoms with Crippen LogP contribution in [-0.4, -0.2) is 57.9 Å². The van der Waals surface area contributed by atoms with Crippen LogP contribution in [0.25, 0.3) is 0 Å². The predicted molar refractivity (Wildman–Crippen MR) is 131 cm³/mol. The summed E-state index contributed by atoms with van der Waals surface area (Å²) in [4.78, 5) is 27.9. The summed E-state index contributed by atoms with van der Waals surface area (Å²) < 4.78 is 32.2. The number of benzene rings is 2. The van der Waals surface area contributed by atoms with Gasteiger partial charge in [-0.3, -0.25) is 9.59 Å². The van der Waals surface area contributed by atoms with Crippen molar-refractivity contribution in [1.82, 2.24) is 9.62 Å². The summed E-state index contributed by atoms with van der Waals surface area (Å²) in [5, 5.41) is 4.69. The lowest BCUT2D eigenvalue weighted by Gasteiger charge is -2.26. The molecule has 3 aromatic rings. The second kappa shape index (κ2) is 10.5. The van der Waals surface area contributed by atoms with Gasteiger partial charge >= 0.3 is 0 Å². The Labute approximate surface area is 202 Å². The molecule has 2 amide bonds. The van der Waals surface area contributed by atoms with E-state index in [-0.39, 0.29) is 23.3 Å². The second-order valence-electron chi connectivity index (χ2n) is 7.70. The van der Waals surface area contributed by atoms with Crippen LogP contribution in [0.5, 0.6) is 0 Å². The maximum Gasteiger partial charge on any atom is 0.268 e. The number of nitrogens with one attached hydrogen (secondary N) is 1. The Morgan fingerprint density at radius 3 is 2.41 bits per heavy atom. The number of para-hydroxylation sites is 1. The molecular weight excluding hydrogens is 474 g/mol. The van der Waals surface area contributed by atoms with Crippen molar-refractivity contribution < 1.29 is 22.7 Å². The van der Waals surface area contributed by atoms with Crippen molar-refractivity contribution in [3.05, 3.63) is 82.0 Å². The fourth-order valence-corrected chi connectivity index (χ4v) is 5.73. The van der Waals surface area contributed by atoms with Crippen LogP contribution in [0, 0.1) is 0 Å². The Hall–Kier alpha value is -3.05. The predicted octanol–water partition coefficient (Wildman–Crippen LogP) is 2.98. The molecule has 0 bridgehead atoms. The molecule has 1 aliphatic heterocycles. The third-order valence-electron chi connectivity index (χ3n) is 5.53.